The number of primary amides is 1. The normalized spacial score (nSPS) is 12.2. The van der Waals surface area contributed by atoms with E-state index in [9.17, 15) is 24.0 Å². The minimum atomic E-state index is -1.03. The van der Waals surface area contributed by atoms with Gasteiger partial charge in [-0.2, -0.15) is 0 Å². The van der Waals surface area contributed by atoms with Crippen molar-refractivity contribution in [3.63, 3.8) is 0 Å². The fraction of sp³-hybridized carbons (Fsp3) is 0.346. The number of carbonyl (C=O) groups excluding carboxylic acids is 5. The molecule has 0 unspecified atom stereocenters. The molecule has 37 heavy (non-hydrogen) atoms. The molecule has 0 saturated carbocycles. The second kappa shape index (κ2) is 14.6. The van der Waals surface area contributed by atoms with Crippen molar-refractivity contribution in [2.24, 2.45) is 11.7 Å². The van der Waals surface area contributed by atoms with Gasteiger partial charge in [-0.1, -0.05) is 67.9 Å². The van der Waals surface area contributed by atoms with Crippen molar-refractivity contribution in [3.05, 3.63) is 70.7 Å². The van der Waals surface area contributed by atoms with Crippen LogP contribution in [0.15, 0.2) is 54.6 Å². The van der Waals surface area contributed by atoms with Crippen LogP contribution in [0.3, 0.4) is 0 Å². The zero-order valence-electron chi connectivity index (χ0n) is 20.8. The molecule has 0 bridgehead atoms. The van der Waals surface area contributed by atoms with Crippen LogP contribution in [0.5, 0.6) is 0 Å². The van der Waals surface area contributed by atoms with E-state index in [1.165, 1.54) is 6.07 Å². The molecule has 10 nitrogen and oxygen atoms in total. The zero-order valence-corrected chi connectivity index (χ0v) is 21.5. The second-order valence-corrected chi connectivity index (χ2v) is 9.25. The number of halogens is 1. The average Bonchev–Trinajstić information content (AvgIpc) is 2.85. The zero-order chi connectivity index (χ0) is 27.4. The highest BCUT2D eigenvalue weighted by Crippen LogP contribution is 2.14. The van der Waals surface area contributed by atoms with Crippen LogP contribution in [0.2, 0.25) is 5.02 Å². The van der Waals surface area contributed by atoms with Crippen molar-refractivity contribution in [1.29, 1.82) is 0 Å². The molecule has 0 spiro atoms. The average molecular weight is 530 g/mol. The molecular formula is C26H32ClN5O5. The first-order valence-corrected chi connectivity index (χ1v) is 12.2. The van der Waals surface area contributed by atoms with Gasteiger partial charge in [0.25, 0.3) is 5.91 Å². The number of benzene rings is 2. The van der Waals surface area contributed by atoms with Crippen LogP contribution in [0, 0.1) is 5.92 Å². The van der Waals surface area contributed by atoms with Gasteiger partial charge in [0.1, 0.15) is 12.1 Å². The van der Waals surface area contributed by atoms with Gasteiger partial charge in [-0.15, -0.1) is 0 Å². The SMILES string of the molecule is CC(C)C[C@H](NC(=O)CNC(=O)[C@H](Cc1ccccc1)NC(=O)CNC(=O)c1ccccc1Cl)C(N)=O. The first kappa shape index (κ1) is 29.3. The lowest BCUT2D eigenvalue weighted by molar-refractivity contribution is -0.131. The molecule has 11 heteroatoms. The standard InChI is InChI=1S/C26H32ClN5O5/c1-16(2)12-20(24(28)35)31-22(33)15-30-26(37)21(13-17-8-4-3-5-9-17)32-23(34)14-29-25(36)18-10-6-7-11-19(18)27/h3-11,16,20-21H,12-15H2,1-2H3,(H2,28,35)(H,29,36)(H,30,37)(H,31,33)(H,32,34)/t20-,21-/m0/s1. The third kappa shape index (κ3) is 10.3. The van der Waals surface area contributed by atoms with Gasteiger partial charge in [0.2, 0.25) is 23.6 Å². The monoisotopic (exact) mass is 529 g/mol. The fourth-order valence-electron chi connectivity index (χ4n) is 3.46. The summed E-state index contributed by atoms with van der Waals surface area (Å²) in [6, 6.07) is 13.5. The van der Waals surface area contributed by atoms with Crippen molar-refractivity contribution in [2.45, 2.75) is 38.8 Å². The highest BCUT2D eigenvalue weighted by Gasteiger charge is 2.24. The molecule has 5 amide bonds. The predicted octanol–water partition coefficient (Wildman–Crippen LogP) is 0.930. The van der Waals surface area contributed by atoms with Crippen LogP contribution in [-0.2, 0) is 25.6 Å². The lowest BCUT2D eigenvalue weighted by Gasteiger charge is -2.20. The van der Waals surface area contributed by atoms with E-state index in [1.54, 1.807) is 42.5 Å². The van der Waals surface area contributed by atoms with E-state index in [1.807, 2.05) is 19.9 Å². The molecule has 0 radical (unpaired) electrons. The van der Waals surface area contributed by atoms with E-state index < -0.39 is 54.7 Å². The molecule has 0 aromatic heterocycles. The van der Waals surface area contributed by atoms with E-state index in [-0.39, 0.29) is 22.9 Å². The molecule has 0 fully saturated rings. The summed E-state index contributed by atoms with van der Waals surface area (Å²) in [5, 5.41) is 10.3. The molecule has 0 heterocycles. The van der Waals surface area contributed by atoms with Crippen molar-refractivity contribution in [2.75, 3.05) is 13.1 Å². The quantitative estimate of drug-likeness (QED) is 0.260. The summed E-state index contributed by atoms with van der Waals surface area (Å²) in [5.41, 5.74) is 6.34. The minimum Gasteiger partial charge on any atom is -0.368 e. The van der Waals surface area contributed by atoms with Gasteiger partial charge in [0, 0.05) is 6.42 Å². The molecule has 0 aliphatic carbocycles. The Balaban J connectivity index is 1.99. The molecule has 0 aliphatic rings. The Hall–Kier alpha value is -3.92. The molecular weight excluding hydrogens is 498 g/mol. The number of nitrogens with one attached hydrogen (secondary N) is 4. The van der Waals surface area contributed by atoms with Crippen LogP contribution >= 0.6 is 11.6 Å². The van der Waals surface area contributed by atoms with E-state index in [2.05, 4.69) is 21.3 Å². The Morgan fingerprint density at radius 3 is 1.97 bits per heavy atom. The summed E-state index contributed by atoms with van der Waals surface area (Å²) >= 11 is 6.01. The molecule has 0 saturated heterocycles. The van der Waals surface area contributed by atoms with E-state index >= 15 is 0 Å². The third-order valence-corrected chi connectivity index (χ3v) is 5.60. The summed E-state index contributed by atoms with van der Waals surface area (Å²) in [7, 11) is 0. The van der Waals surface area contributed by atoms with Gasteiger partial charge in [-0.25, -0.2) is 0 Å². The van der Waals surface area contributed by atoms with E-state index in [0.717, 1.165) is 5.56 Å². The summed E-state index contributed by atoms with van der Waals surface area (Å²) in [6.07, 6.45) is 0.511. The van der Waals surface area contributed by atoms with Gasteiger partial charge in [0.15, 0.2) is 0 Å². The number of hydrogen-bond acceptors (Lipinski definition) is 5. The van der Waals surface area contributed by atoms with Crippen molar-refractivity contribution in [1.82, 2.24) is 21.3 Å². The Bertz CT molecular complexity index is 1110. The van der Waals surface area contributed by atoms with Gasteiger partial charge in [-0.05, 0) is 30.0 Å². The largest absolute Gasteiger partial charge is 0.368 e. The van der Waals surface area contributed by atoms with Gasteiger partial charge < -0.3 is 27.0 Å². The van der Waals surface area contributed by atoms with Crippen molar-refractivity contribution < 1.29 is 24.0 Å². The molecule has 6 N–H and O–H groups in total. The van der Waals surface area contributed by atoms with Crippen LogP contribution in [0.1, 0.15) is 36.2 Å². The first-order valence-electron chi connectivity index (χ1n) is 11.8. The lowest BCUT2D eigenvalue weighted by atomic mass is 10.0. The topological polar surface area (TPSA) is 159 Å². The molecule has 0 aliphatic heterocycles. The Kier molecular flexibility index (Phi) is 11.6. The highest BCUT2D eigenvalue weighted by atomic mass is 35.5. The molecule has 2 rings (SSSR count). The van der Waals surface area contributed by atoms with Gasteiger partial charge in [0.05, 0.1) is 23.7 Å². The number of hydrogen-bond donors (Lipinski definition) is 5. The van der Waals surface area contributed by atoms with E-state index in [0.29, 0.717) is 6.42 Å². The summed E-state index contributed by atoms with van der Waals surface area (Å²) in [5.74, 6) is -2.88. The molecule has 2 aromatic carbocycles. The predicted molar refractivity (Wildman–Crippen MR) is 139 cm³/mol. The van der Waals surface area contributed by atoms with Crippen LogP contribution < -0.4 is 27.0 Å². The number of carbonyl (C=O) groups is 5. The molecule has 2 aromatic rings. The van der Waals surface area contributed by atoms with Crippen LogP contribution in [-0.4, -0.2) is 54.7 Å². The minimum absolute atomic E-state index is 0.122. The smallest absolute Gasteiger partial charge is 0.253 e. The lowest BCUT2D eigenvalue weighted by Crippen LogP contribution is -2.53. The van der Waals surface area contributed by atoms with Gasteiger partial charge >= 0.3 is 0 Å². The van der Waals surface area contributed by atoms with Crippen LogP contribution in [0.25, 0.3) is 0 Å². The molecule has 198 valence electrons. The fourth-order valence-corrected chi connectivity index (χ4v) is 3.68. The first-order chi connectivity index (χ1) is 17.6. The maximum absolute atomic E-state index is 12.9. The third-order valence-electron chi connectivity index (χ3n) is 5.27. The van der Waals surface area contributed by atoms with Gasteiger partial charge in [-0.3, -0.25) is 24.0 Å². The highest BCUT2D eigenvalue weighted by molar-refractivity contribution is 6.33. The Labute approximate surface area is 220 Å². The summed E-state index contributed by atoms with van der Waals surface area (Å²) in [6.45, 7) is 2.97. The maximum Gasteiger partial charge on any atom is 0.253 e. The Morgan fingerprint density at radius 2 is 1.38 bits per heavy atom. The molecule has 2 atom stereocenters. The van der Waals surface area contributed by atoms with E-state index in [4.69, 9.17) is 17.3 Å². The summed E-state index contributed by atoms with van der Waals surface area (Å²) in [4.78, 5) is 61.7. The second-order valence-electron chi connectivity index (χ2n) is 8.84. The maximum atomic E-state index is 12.9. The van der Waals surface area contributed by atoms with Crippen LogP contribution in [0.4, 0.5) is 0 Å². The van der Waals surface area contributed by atoms with Crippen molar-refractivity contribution >= 4 is 41.1 Å². The number of amides is 5. The summed E-state index contributed by atoms with van der Waals surface area (Å²) < 4.78 is 0. The Morgan fingerprint density at radius 1 is 0.811 bits per heavy atom. The number of nitrogens with two attached hydrogens (primary N) is 1. The van der Waals surface area contributed by atoms with Crippen molar-refractivity contribution in [3.8, 4) is 0 Å². The number of rotatable bonds is 13.